The largest absolute Gasteiger partial charge is 0.337 e. The highest BCUT2D eigenvalue weighted by atomic mass is 35.5. The minimum atomic E-state index is 0. The van der Waals surface area contributed by atoms with E-state index < -0.39 is 0 Å². The fourth-order valence-corrected chi connectivity index (χ4v) is 3.64. The van der Waals surface area contributed by atoms with Crippen molar-refractivity contribution < 1.29 is 4.79 Å². The molecule has 3 aliphatic rings. The highest BCUT2D eigenvalue weighted by molar-refractivity contribution is 5.92. The van der Waals surface area contributed by atoms with Crippen molar-refractivity contribution in [1.82, 2.24) is 20.4 Å². The smallest absolute Gasteiger partial charge is 0.274 e. The van der Waals surface area contributed by atoms with E-state index in [2.05, 4.69) is 15.5 Å². The summed E-state index contributed by atoms with van der Waals surface area (Å²) in [7, 11) is 0. The van der Waals surface area contributed by atoms with Gasteiger partial charge < -0.3 is 10.2 Å². The topological polar surface area (TPSA) is 61.0 Å². The third-order valence-electron chi connectivity index (χ3n) is 5.01. The van der Waals surface area contributed by atoms with E-state index in [9.17, 15) is 4.79 Å². The van der Waals surface area contributed by atoms with Crippen molar-refractivity contribution >= 4 is 18.3 Å². The van der Waals surface area contributed by atoms with Crippen molar-refractivity contribution in [2.75, 3.05) is 19.6 Å². The number of nitrogens with one attached hydrogen (secondary N) is 2. The second-order valence-electron chi connectivity index (χ2n) is 6.49. The molecule has 3 heterocycles. The number of hydrogen-bond acceptors (Lipinski definition) is 3. The second kappa shape index (κ2) is 5.97. The molecule has 2 saturated heterocycles. The maximum atomic E-state index is 12.6. The van der Waals surface area contributed by atoms with Gasteiger partial charge in [-0.3, -0.25) is 9.89 Å². The molecule has 1 aromatic heterocycles. The van der Waals surface area contributed by atoms with Crippen LogP contribution < -0.4 is 5.32 Å². The molecule has 21 heavy (non-hydrogen) atoms. The first kappa shape index (κ1) is 14.9. The number of likely N-dealkylation sites (tertiary alicyclic amines) is 1. The molecule has 2 aliphatic heterocycles. The van der Waals surface area contributed by atoms with E-state index in [0.29, 0.717) is 23.6 Å². The Balaban J connectivity index is 0.00000132. The van der Waals surface area contributed by atoms with Crippen molar-refractivity contribution in [2.45, 2.75) is 44.1 Å². The Morgan fingerprint density at radius 3 is 2.95 bits per heavy atom. The number of hydrogen-bond donors (Lipinski definition) is 2. The zero-order valence-electron chi connectivity index (χ0n) is 12.2. The Morgan fingerprint density at radius 2 is 2.14 bits per heavy atom. The molecule has 1 saturated carbocycles. The van der Waals surface area contributed by atoms with Crippen LogP contribution in [0.1, 0.15) is 54.2 Å². The number of nitrogens with zero attached hydrogens (tertiary/aromatic N) is 2. The van der Waals surface area contributed by atoms with E-state index in [1.165, 1.54) is 25.7 Å². The van der Waals surface area contributed by atoms with Crippen LogP contribution in [-0.4, -0.2) is 46.7 Å². The molecule has 0 bridgehead atoms. The molecule has 0 aromatic carbocycles. The first-order valence-electron chi connectivity index (χ1n) is 7.89. The van der Waals surface area contributed by atoms with Crippen LogP contribution >= 0.6 is 12.4 Å². The van der Waals surface area contributed by atoms with Crippen LogP contribution in [-0.2, 0) is 0 Å². The maximum Gasteiger partial charge on any atom is 0.274 e. The number of H-pyrrole nitrogens is 1. The van der Waals surface area contributed by atoms with Crippen molar-refractivity contribution in [3.63, 3.8) is 0 Å². The van der Waals surface area contributed by atoms with E-state index in [1.807, 2.05) is 11.0 Å². The molecule has 2 N–H and O–H groups in total. The number of piperidine rings is 2. The molecule has 116 valence electrons. The summed E-state index contributed by atoms with van der Waals surface area (Å²) in [5.74, 6) is 1.36. The molecular formula is C15H23ClN4O. The molecule has 0 unspecified atom stereocenters. The summed E-state index contributed by atoms with van der Waals surface area (Å²) < 4.78 is 0. The second-order valence-corrected chi connectivity index (χ2v) is 6.49. The van der Waals surface area contributed by atoms with E-state index >= 15 is 0 Å². The third kappa shape index (κ3) is 2.94. The molecule has 1 aromatic rings. The fourth-order valence-electron chi connectivity index (χ4n) is 3.64. The van der Waals surface area contributed by atoms with Gasteiger partial charge in [-0.15, -0.1) is 12.4 Å². The SMILES string of the molecule is Cl.O=C(c1cc(C2CC2)[nH]n1)N1CC[C@@H]2NCCC[C@@H]2C1. The Hall–Kier alpha value is -1.07. The molecule has 4 rings (SSSR count). The summed E-state index contributed by atoms with van der Waals surface area (Å²) in [5, 5.41) is 10.8. The number of halogens is 1. The number of carbonyl (C=O) groups is 1. The van der Waals surface area contributed by atoms with Crippen LogP contribution in [0.25, 0.3) is 0 Å². The molecule has 0 spiro atoms. The van der Waals surface area contributed by atoms with Crippen LogP contribution in [0.3, 0.4) is 0 Å². The van der Waals surface area contributed by atoms with E-state index in [-0.39, 0.29) is 18.3 Å². The van der Waals surface area contributed by atoms with Gasteiger partial charge in [0.1, 0.15) is 5.69 Å². The standard InChI is InChI=1S/C15H22N4O.ClH/c20-15(14-8-13(17-18-14)10-3-4-10)19-7-5-12-11(9-19)2-1-6-16-12;/h8,10-12,16H,1-7,9H2,(H,17,18);1H/t11-,12+;/m1./s1. The van der Waals surface area contributed by atoms with Crippen LogP contribution in [0.15, 0.2) is 6.07 Å². The number of rotatable bonds is 2. The Bertz CT molecular complexity index is 514. The minimum absolute atomic E-state index is 0. The lowest BCUT2D eigenvalue weighted by Gasteiger charge is -2.41. The minimum Gasteiger partial charge on any atom is -0.337 e. The van der Waals surface area contributed by atoms with E-state index in [0.717, 1.165) is 31.7 Å². The number of aromatic amines is 1. The van der Waals surface area contributed by atoms with Crippen molar-refractivity contribution in [2.24, 2.45) is 5.92 Å². The lowest BCUT2D eigenvalue weighted by atomic mass is 9.85. The zero-order valence-corrected chi connectivity index (χ0v) is 13.0. The summed E-state index contributed by atoms with van der Waals surface area (Å²) >= 11 is 0. The summed E-state index contributed by atoms with van der Waals surface area (Å²) in [6.45, 7) is 2.89. The fraction of sp³-hybridized carbons (Fsp3) is 0.733. The highest BCUT2D eigenvalue weighted by Crippen LogP contribution is 2.39. The molecule has 1 aliphatic carbocycles. The van der Waals surface area contributed by atoms with Crippen LogP contribution in [0, 0.1) is 5.92 Å². The molecule has 3 fully saturated rings. The summed E-state index contributed by atoms with van der Waals surface area (Å²) in [5.41, 5.74) is 1.75. The molecule has 6 heteroatoms. The monoisotopic (exact) mass is 310 g/mol. The van der Waals surface area contributed by atoms with E-state index in [1.54, 1.807) is 0 Å². The zero-order chi connectivity index (χ0) is 13.5. The van der Waals surface area contributed by atoms with Crippen LogP contribution in [0.5, 0.6) is 0 Å². The Morgan fingerprint density at radius 1 is 1.29 bits per heavy atom. The predicted molar refractivity (Wildman–Crippen MR) is 82.8 cm³/mol. The van der Waals surface area contributed by atoms with Gasteiger partial charge >= 0.3 is 0 Å². The van der Waals surface area contributed by atoms with Gasteiger partial charge in [-0.2, -0.15) is 5.10 Å². The lowest BCUT2D eigenvalue weighted by molar-refractivity contribution is 0.0587. The molecule has 0 radical (unpaired) electrons. The van der Waals surface area contributed by atoms with Gasteiger partial charge in [-0.05, 0) is 50.6 Å². The Kier molecular flexibility index (Phi) is 4.22. The molecule has 1 amide bonds. The van der Waals surface area contributed by atoms with Gasteiger partial charge in [-0.25, -0.2) is 0 Å². The van der Waals surface area contributed by atoms with Crippen molar-refractivity contribution in [1.29, 1.82) is 0 Å². The predicted octanol–water partition coefficient (Wildman–Crippen LogP) is 1.92. The van der Waals surface area contributed by atoms with Crippen LogP contribution in [0.2, 0.25) is 0 Å². The number of amides is 1. The average Bonchev–Trinajstić information content (AvgIpc) is 3.23. The molecular weight excluding hydrogens is 288 g/mol. The summed E-state index contributed by atoms with van der Waals surface area (Å²) in [4.78, 5) is 14.6. The molecule has 2 atom stereocenters. The first-order valence-corrected chi connectivity index (χ1v) is 7.89. The van der Waals surface area contributed by atoms with Gasteiger partial charge in [0.05, 0.1) is 0 Å². The van der Waals surface area contributed by atoms with Gasteiger partial charge in [-0.1, -0.05) is 0 Å². The van der Waals surface area contributed by atoms with Gasteiger partial charge in [0.2, 0.25) is 0 Å². The normalized spacial score (nSPS) is 28.7. The average molecular weight is 311 g/mol. The highest BCUT2D eigenvalue weighted by Gasteiger charge is 2.34. The Labute approximate surface area is 131 Å². The van der Waals surface area contributed by atoms with E-state index in [4.69, 9.17) is 0 Å². The van der Waals surface area contributed by atoms with Gasteiger partial charge in [0, 0.05) is 30.7 Å². The van der Waals surface area contributed by atoms with Gasteiger partial charge in [0.25, 0.3) is 5.91 Å². The maximum absolute atomic E-state index is 12.6. The third-order valence-corrected chi connectivity index (χ3v) is 5.01. The first-order chi connectivity index (χ1) is 9.81. The number of fused-ring (bicyclic) bond motifs is 1. The van der Waals surface area contributed by atoms with Crippen molar-refractivity contribution in [3.05, 3.63) is 17.5 Å². The van der Waals surface area contributed by atoms with Gasteiger partial charge in [0.15, 0.2) is 0 Å². The van der Waals surface area contributed by atoms with Crippen LogP contribution in [0.4, 0.5) is 0 Å². The molecule has 5 nitrogen and oxygen atoms in total. The summed E-state index contributed by atoms with van der Waals surface area (Å²) in [6.07, 6.45) is 6.02. The summed E-state index contributed by atoms with van der Waals surface area (Å²) in [6, 6.07) is 2.58. The lowest BCUT2D eigenvalue weighted by Crippen LogP contribution is -2.53. The quantitative estimate of drug-likeness (QED) is 0.877. The van der Waals surface area contributed by atoms with Crippen molar-refractivity contribution in [3.8, 4) is 0 Å². The number of aromatic nitrogens is 2. The number of carbonyl (C=O) groups excluding carboxylic acids is 1.